The zero-order valence-electron chi connectivity index (χ0n) is 20.3. The van der Waals surface area contributed by atoms with E-state index in [0.717, 1.165) is 11.1 Å². The maximum atomic E-state index is 13.7. The molecule has 1 heterocycles. The van der Waals surface area contributed by atoms with Gasteiger partial charge in [0.1, 0.15) is 10.6 Å². The number of hydrogen-bond donors (Lipinski definition) is 2. The summed E-state index contributed by atoms with van der Waals surface area (Å²) in [6.07, 6.45) is 1.37. The van der Waals surface area contributed by atoms with Gasteiger partial charge in [0.25, 0.3) is 15.9 Å². The second-order valence-corrected chi connectivity index (χ2v) is 10.6. The Kier molecular flexibility index (Phi) is 7.03. The lowest BCUT2D eigenvalue weighted by Crippen LogP contribution is -2.36. The quantitative estimate of drug-likeness (QED) is 0.483. The number of rotatable bonds is 7. The Morgan fingerprint density at radius 3 is 2.44 bits per heavy atom. The lowest BCUT2D eigenvalue weighted by atomic mass is 10.0. The van der Waals surface area contributed by atoms with E-state index in [1.807, 2.05) is 6.92 Å². The fourth-order valence-corrected chi connectivity index (χ4v) is 6.01. The van der Waals surface area contributed by atoms with E-state index in [4.69, 9.17) is 9.84 Å². The molecule has 3 aromatic rings. The van der Waals surface area contributed by atoms with Gasteiger partial charge in [0.15, 0.2) is 0 Å². The molecule has 0 bridgehead atoms. The molecule has 0 spiro atoms. The molecule has 0 saturated carbocycles. The number of carbonyl (C=O) groups excluding carboxylic acids is 1. The number of anilines is 2. The number of ether oxygens (including phenoxy) is 1. The minimum absolute atomic E-state index is 0.0865. The molecule has 0 radical (unpaired) electrons. The van der Waals surface area contributed by atoms with Crippen LogP contribution in [0.4, 0.5) is 11.4 Å². The second-order valence-electron chi connectivity index (χ2n) is 8.81. The number of sulfonamides is 1. The molecular weight excluding hydrogens is 480 g/mol. The molecule has 0 aliphatic carbocycles. The van der Waals surface area contributed by atoms with Crippen LogP contribution in [0, 0.1) is 6.92 Å². The Morgan fingerprint density at radius 1 is 1.06 bits per heavy atom. The number of hydrogen-bond acceptors (Lipinski definition) is 5. The topological polar surface area (TPSA) is 113 Å². The molecule has 1 aliphatic rings. The van der Waals surface area contributed by atoms with Crippen molar-refractivity contribution in [1.82, 2.24) is 0 Å². The molecule has 0 fully saturated rings. The molecule has 9 heteroatoms. The van der Waals surface area contributed by atoms with Crippen molar-refractivity contribution in [3.63, 3.8) is 0 Å². The van der Waals surface area contributed by atoms with Gasteiger partial charge in [0.05, 0.1) is 18.7 Å². The van der Waals surface area contributed by atoms with Gasteiger partial charge in [-0.15, -0.1) is 0 Å². The summed E-state index contributed by atoms with van der Waals surface area (Å²) in [5.74, 6) is -1.71. The van der Waals surface area contributed by atoms with Crippen molar-refractivity contribution in [2.75, 3.05) is 23.3 Å². The Bertz CT molecular complexity index is 1420. The summed E-state index contributed by atoms with van der Waals surface area (Å²) < 4.78 is 34.1. The van der Waals surface area contributed by atoms with Crippen molar-refractivity contribution in [3.05, 3.63) is 82.9 Å². The number of fused-ring (bicyclic) bond motifs is 1. The number of nitrogens with zero attached hydrogens (tertiary/aromatic N) is 1. The first-order valence-corrected chi connectivity index (χ1v) is 13.0. The number of aryl methyl sites for hydroxylation is 2. The number of carbonyl (C=O) groups is 2. The normalized spacial score (nSPS) is 14.0. The highest BCUT2D eigenvalue weighted by Crippen LogP contribution is 2.36. The lowest BCUT2D eigenvalue weighted by molar-refractivity contribution is -0.138. The van der Waals surface area contributed by atoms with E-state index in [1.54, 1.807) is 67.6 Å². The van der Waals surface area contributed by atoms with Crippen LogP contribution in [0.3, 0.4) is 0 Å². The SMILES string of the molecule is COc1ccc(C)cc1S(=O)(=O)N1CCCc2ccc(C(=O)Nc3ccc(C(C)C(=O)O)cc3)cc21. The number of amides is 1. The second kappa shape index (κ2) is 10.0. The zero-order valence-corrected chi connectivity index (χ0v) is 21.1. The first-order valence-electron chi connectivity index (χ1n) is 11.6. The molecule has 0 aromatic heterocycles. The van der Waals surface area contributed by atoms with Crippen molar-refractivity contribution >= 4 is 33.3 Å². The number of methoxy groups -OCH3 is 1. The van der Waals surface area contributed by atoms with Crippen molar-refractivity contribution in [1.29, 1.82) is 0 Å². The molecule has 8 nitrogen and oxygen atoms in total. The Morgan fingerprint density at radius 2 is 1.78 bits per heavy atom. The fraction of sp³-hybridized carbons (Fsp3) is 0.259. The molecule has 1 aliphatic heterocycles. The van der Waals surface area contributed by atoms with Gasteiger partial charge in [0.2, 0.25) is 0 Å². The van der Waals surface area contributed by atoms with Gasteiger partial charge < -0.3 is 15.2 Å². The molecule has 188 valence electrons. The molecule has 0 saturated heterocycles. The van der Waals surface area contributed by atoms with Crippen molar-refractivity contribution in [3.8, 4) is 5.75 Å². The van der Waals surface area contributed by atoms with Gasteiger partial charge in [-0.25, -0.2) is 8.42 Å². The Hall–Kier alpha value is -3.85. The number of carboxylic acid groups (broad SMARTS) is 1. The van der Waals surface area contributed by atoms with E-state index in [9.17, 15) is 18.0 Å². The van der Waals surface area contributed by atoms with Crippen LogP contribution in [0.1, 0.15) is 46.3 Å². The van der Waals surface area contributed by atoms with Crippen molar-refractivity contribution in [2.45, 2.75) is 37.5 Å². The third kappa shape index (κ3) is 4.92. The van der Waals surface area contributed by atoms with E-state index in [2.05, 4.69) is 5.32 Å². The predicted molar refractivity (Wildman–Crippen MR) is 137 cm³/mol. The smallest absolute Gasteiger partial charge is 0.310 e. The molecular formula is C27H28N2O6S. The molecule has 1 amide bonds. The van der Waals surface area contributed by atoms with E-state index in [1.165, 1.54) is 11.4 Å². The van der Waals surface area contributed by atoms with Crippen LogP contribution in [0.5, 0.6) is 5.75 Å². The Labute approximate surface area is 210 Å². The van der Waals surface area contributed by atoms with E-state index in [0.29, 0.717) is 41.9 Å². The van der Waals surface area contributed by atoms with Gasteiger partial charge >= 0.3 is 5.97 Å². The molecule has 2 N–H and O–H groups in total. The Balaban J connectivity index is 1.63. The van der Waals surface area contributed by atoms with E-state index < -0.39 is 27.8 Å². The van der Waals surface area contributed by atoms with Gasteiger partial charge in [0, 0.05) is 17.8 Å². The standard InChI is InChI=1S/C27H28N2O6S/c1-17-6-13-24(35-3)25(15-17)36(33,34)29-14-4-5-20-7-8-21(16-23(20)29)26(30)28-22-11-9-19(10-12-22)18(2)27(31)32/h6-13,15-16,18H,4-5,14H2,1-3H3,(H,28,30)(H,31,32). The fourth-order valence-electron chi connectivity index (χ4n) is 4.24. The monoisotopic (exact) mass is 508 g/mol. The van der Waals surface area contributed by atoms with Gasteiger partial charge in [-0.1, -0.05) is 24.3 Å². The highest BCUT2D eigenvalue weighted by Gasteiger charge is 2.32. The summed E-state index contributed by atoms with van der Waals surface area (Å²) >= 11 is 0. The summed E-state index contributed by atoms with van der Waals surface area (Å²) in [6, 6.07) is 16.7. The largest absolute Gasteiger partial charge is 0.495 e. The summed E-state index contributed by atoms with van der Waals surface area (Å²) in [4.78, 5) is 24.3. The molecule has 36 heavy (non-hydrogen) atoms. The maximum absolute atomic E-state index is 13.7. The first kappa shape index (κ1) is 25.2. The summed E-state index contributed by atoms with van der Waals surface area (Å²) in [5.41, 5.74) is 3.57. The van der Waals surface area contributed by atoms with Crippen LogP contribution >= 0.6 is 0 Å². The molecule has 1 atom stereocenters. The summed E-state index contributed by atoms with van der Waals surface area (Å²) in [6.45, 7) is 3.70. The van der Waals surface area contributed by atoms with Crippen LogP contribution in [0.2, 0.25) is 0 Å². The lowest BCUT2D eigenvalue weighted by Gasteiger charge is -2.31. The summed E-state index contributed by atoms with van der Waals surface area (Å²) in [5, 5.41) is 12.0. The third-order valence-electron chi connectivity index (χ3n) is 6.35. The number of benzene rings is 3. The molecule has 1 unspecified atom stereocenters. The molecule has 3 aromatic carbocycles. The van der Waals surface area contributed by atoms with Crippen LogP contribution in [-0.2, 0) is 21.2 Å². The highest BCUT2D eigenvalue weighted by molar-refractivity contribution is 7.93. The minimum atomic E-state index is -3.93. The van der Waals surface area contributed by atoms with Crippen LogP contribution < -0.4 is 14.4 Å². The number of aliphatic carboxylic acids is 1. The van der Waals surface area contributed by atoms with Crippen LogP contribution in [0.15, 0.2) is 65.6 Å². The maximum Gasteiger partial charge on any atom is 0.310 e. The van der Waals surface area contributed by atoms with Crippen molar-refractivity contribution < 1.29 is 27.9 Å². The highest BCUT2D eigenvalue weighted by atomic mass is 32.2. The predicted octanol–water partition coefficient (Wildman–Crippen LogP) is 4.59. The van der Waals surface area contributed by atoms with Crippen LogP contribution in [-0.4, -0.2) is 39.1 Å². The van der Waals surface area contributed by atoms with Gasteiger partial charge in [-0.3, -0.25) is 13.9 Å². The van der Waals surface area contributed by atoms with E-state index in [-0.39, 0.29) is 10.6 Å². The van der Waals surface area contributed by atoms with Gasteiger partial charge in [-0.05, 0) is 79.8 Å². The summed E-state index contributed by atoms with van der Waals surface area (Å²) in [7, 11) is -2.50. The van der Waals surface area contributed by atoms with Gasteiger partial charge in [-0.2, -0.15) is 0 Å². The van der Waals surface area contributed by atoms with E-state index >= 15 is 0 Å². The third-order valence-corrected chi connectivity index (χ3v) is 8.18. The van der Waals surface area contributed by atoms with Crippen LogP contribution in [0.25, 0.3) is 0 Å². The minimum Gasteiger partial charge on any atom is -0.495 e. The average molecular weight is 509 g/mol. The molecule has 4 rings (SSSR count). The van der Waals surface area contributed by atoms with Crippen molar-refractivity contribution in [2.24, 2.45) is 0 Å². The number of carboxylic acids is 1. The first-order chi connectivity index (χ1) is 17.1. The number of nitrogens with one attached hydrogen (secondary N) is 1. The average Bonchev–Trinajstić information content (AvgIpc) is 2.87. The zero-order chi connectivity index (χ0) is 26.0.